The van der Waals surface area contributed by atoms with Crippen LogP contribution in [0.15, 0.2) is 18.3 Å². The topological polar surface area (TPSA) is 12.9 Å². The number of hydrogen-bond acceptors (Lipinski definition) is 1. The van der Waals surface area contributed by atoms with Gasteiger partial charge in [0.15, 0.2) is 0 Å². The van der Waals surface area contributed by atoms with Crippen LogP contribution in [0.4, 0.5) is 0 Å². The Morgan fingerprint density at radius 1 is 1.50 bits per heavy atom. The minimum absolute atomic E-state index is 0.774. The maximum Gasteiger partial charge on any atom is 0.0437 e. The van der Waals surface area contributed by atoms with E-state index in [2.05, 4.69) is 31.0 Å². The van der Waals surface area contributed by atoms with Crippen molar-refractivity contribution in [1.82, 2.24) is 4.98 Å². The van der Waals surface area contributed by atoms with E-state index in [1.165, 1.54) is 24.1 Å². The molecule has 1 saturated carbocycles. The molecular weight excluding hydrogens is 146 g/mol. The molecule has 2 rings (SSSR count). The summed E-state index contributed by atoms with van der Waals surface area (Å²) in [6, 6.07) is 4.34. The predicted octanol–water partition coefficient (Wildman–Crippen LogP) is 2.90. The van der Waals surface area contributed by atoms with Crippen LogP contribution in [0, 0.1) is 12.8 Å². The third kappa shape index (κ3) is 1.36. The molecule has 1 aliphatic rings. The number of hydrogen-bond donors (Lipinski definition) is 0. The Bertz CT molecular complexity index is 263. The van der Waals surface area contributed by atoms with Gasteiger partial charge in [0, 0.05) is 17.8 Å². The third-order valence-corrected chi connectivity index (χ3v) is 2.76. The first kappa shape index (κ1) is 7.78. The Hall–Kier alpha value is -0.850. The van der Waals surface area contributed by atoms with Crippen molar-refractivity contribution in [2.24, 2.45) is 5.92 Å². The summed E-state index contributed by atoms with van der Waals surface area (Å²) >= 11 is 0. The molecule has 12 heavy (non-hydrogen) atoms. The molecule has 1 heteroatoms. The molecule has 1 fully saturated rings. The number of pyridine rings is 1. The lowest BCUT2D eigenvalue weighted by molar-refractivity contribution is 0.756. The largest absolute Gasteiger partial charge is 0.261 e. The summed E-state index contributed by atoms with van der Waals surface area (Å²) in [5.41, 5.74) is 2.56. The van der Waals surface area contributed by atoms with Crippen molar-refractivity contribution in [3.05, 3.63) is 29.6 Å². The van der Waals surface area contributed by atoms with Gasteiger partial charge in [0.05, 0.1) is 0 Å². The van der Waals surface area contributed by atoms with Crippen LogP contribution in [0.1, 0.15) is 36.9 Å². The molecule has 0 spiro atoms. The highest BCUT2D eigenvalue weighted by Crippen LogP contribution is 2.48. The summed E-state index contributed by atoms with van der Waals surface area (Å²) in [4.78, 5) is 4.44. The van der Waals surface area contributed by atoms with Gasteiger partial charge in [-0.2, -0.15) is 0 Å². The van der Waals surface area contributed by atoms with Crippen LogP contribution in [-0.2, 0) is 0 Å². The van der Waals surface area contributed by atoms with Crippen molar-refractivity contribution in [1.29, 1.82) is 0 Å². The lowest BCUT2D eigenvalue weighted by Gasteiger charge is -1.97. The van der Waals surface area contributed by atoms with Crippen molar-refractivity contribution in [2.75, 3.05) is 0 Å². The molecule has 0 aromatic carbocycles. The molecule has 1 heterocycles. The first-order valence-corrected chi connectivity index (χ1v) is 4.74. The second-order valence-electron chi connectivity index (χ2n) is 3.77. The lowest BCUT2D eigenvalue weighted by Crippen LogP contribution is -1.87. The van der Waals surface area contributed by atoms with Crippen molar-refractivity contribution >= 4 is 0 Å². The summed E-state index contributed by atoms with van der Waals surface area (Å²) in [5.74, 6) is 1.69. The highest BCUT2D eigenvalue weighted by molar-refractivity contribution is 5.20. The van der Waals surface area contributed by atoms with E-state index in [4.69, 9.17) is 0 Å². The van der Waals surface area contributed by atoms with Crippen LogP contribution in [0.25, 0.3) is 0 Å². The molecule has 1 aliphatic carbocycles. The minimum atomic E-state index is 0.774. The van der Waals surface area contributed by atoms with E-state index in [1.54, 1.807) is 0 Å². The van der Waals surface area contributed by atoms with Crippen molar-refractivity contribution < 1.29 is 0 Å². The summed E-state index contributed by atoms with van der Waals surface area (Å²) < 4.78 is 0. The third-order valence-electron chi connectivity index (χ3n) is 2.76. The highest BCUT2D eigenvalue weighted by atomic mass is 14.7. The summed E-state index contributed by atoms with van der Waals surface area (Å²) in [6.07, 6.45) is 4.63. The molecule has 0 saturated heterocycles. The molecule has 0 unspecified atom stereocenters. The molecule has 0 aliphatic heterocycles. The van der Waals surface area contributed by atoms with Crippen molar-refractivity contribution in [3.8, 4) is 0 Å². The molecule has 0 N–H and O–H groups in total. The van der Waals surface area contributed by atoms with Gasteiger partial charge in [0.2, 0.25) is 0 Å². The van der Waals surface area contributed by atoms with Gasteiger partial charge in [-0.05, 0) is 30.9 Å². The minimum Gasteiger partial charge on any atom is -0.261 e. The maximum absolute atomic E-state index is 4.44. The Labute approximate surface area is 73.8 Å². The number of aromatic nitrogens is 1. The summed E-state index contributed by atoms with van der Waals surface area (Å²) in [6.45, 7) is 4.35. The zero-order valence-corrected chi connectivity index (χ0v) is 7.75. The van der Waals surface area contributed by atoms with E-state index in [9.17, 15) is 0 Å². The van der Waals surface area contributed by atoms with Gasteiger partial charge < -0.3 is 0 Å². The number of aryl methyl sites for hydroxylation is 1. The molecule has 1 aromatic rings. The Kier molecular flexibility index (Phi) is 1.87. The van der Waals surface area contributed by atoms with Gasteiger partial charge >= 0.3 is 0 Å². The van der Waals surface area contributed by atoms with Gasteiger partial charge in [0.25, 0.3) is 0 Å². The zero-order chi connectivity index (χ0) is 8.55. The fourth-order valence-corrected chi connectivity index (χ4v) is 1.76. The van der Waals surface area contributed by atoms with Crippen LogP contribution in [0.3, 0.4) is 0 Å². The van der Waals surface area contributed by atoms with E-state index in [0.29, 0.717) is 0 Å². The smallest absolute Gasteiger partial charge is 0.0437 e. The van der Waals surface area contributed by atoms with E-state index in [1.807, 2.05) is 6.20 Å². The van der Waals surface area contributed by atoms with Crippen molar-refractivity contribution in [3.63, 3.8) is 0 Å². The second kappa shape index (κ2) is 2.89. The van der Waals surface area contributed by atoms with Crippen molar-refractivity contribution in [2.45, 2.75) is 32.6 Å². The molecule has 1 nitrogen and oxygen atoms in total. The Morgan fingerprint density at radius 3 is 2.83 bits per heavy atom. The SMILES string of the molecule is CC[C@H]1C[C@@H]1c1ccc(C)cn1. The highest BCUT2D eigenvalue weighted by Gasteiger charge is 2.37. The van der Waals surface area contributed by atoms with E-state index in [0.717, 1.165) is 11.8 Å². The second-order valence-corrected chi connectivity index (χ2v) is 3.77. The Morgan fingerprint density at radius 2 is 2.33 bits per heavy atom. The first-order chi connectivity index (χ1) is 5.81. The molecular formula is C11H15N. The molecule has 64 valence electrons. The Balaban J connectivity index is 2.10. The zero-order valence-electron chi connectivity index (χ0n) is 7.75. The number of nitrogens with zero attached hydrogens (tertiary/aromatic N) is 1. The number of rotatable bonds is 2. The van der Waals surface area contributed by atoms with Gasteiger partial charge in [-0.15, -0.1) is 0 Å². The fourth-order valence-electron chi connectivity index (χ4n) is 1.76. The standard InChI is InChI=1S/C11H15N/c1-3-9-6-10(9)11-5-4-8(2)7-12-11/h4-5,7,9-10H,3,6H2,1-2H3/t9-,10-/m0/s1. The molecule has 0 amide bonds. The van der Waals surface area contributed by atoms with Gasteiger partial charge in [-0.25, -0.2) is 0 Å². The van der Waals surface area contributed by atoms with Crippen LogP contribution < -0.4 is 0 Å². The maximum atomic E-state index is 4.44. The normalized spacial score (nSPS) is 27.2. The van der Waals surface area contributed by atoms with Gasteiger partial charge in [0.1, 0.15) is 0 Å². The van der Waals surface area contributed by atoms with Crippen LogP contribution in [0.5, 0.6) is 0 Å². The fraction of sp³-hybridized carbons (Fsp3) is 0.545. The average molecular weight is 161 g/mol. The quantitative estimate of drug-likeness (QED) is 0.650. The first-order valence-electron chi connectivity index (χ1n) is 4.74. The summed E-state index contributed by atoms with van der Waals surface area (Å²) in [5, 5.41) is 0. The van der Waals surface area contributed by atoms with E-state index >= 15 is 0 Å². The van der Waals surface area contributed by atoms with Gasteiger partial charge in [-0.3, -0.25) is 4.98 Å². The summed E-state index contributed by atoms with van der Waals surface area (Å²) in [7, 11) is 0. The predicted molar refractivity (Wildman–Crippen MR) is 50.1 cm³/mol. The van der Waals surface area contributed by atoms with E-state index < -0.39 is 0 Å². The molecule has 2 atom stereocenters. The average Bonchev–Trinajstić information content (AvgIpc) is 2.85. The van der Waals surface area contributed by atoms with Crippen LogP contribution in [-0.4, -0.2) is 4.98 Å². The van der Waals surface area contributed by atoms with E-state index in [-0.39, 0.29) is 0 Å². The monoisotopic (exact) mass is 161 g/mol. The van der Waals surface area contributed by atoms with Crippen LogP contribution >= 0.6 is 0 Å². The van der Waals surface area contributed by atoms with Gasteiger partial charge in [-0.1, -0.05) is 19.4 Å². The molecule has 0 bridgehead atoms. The molecule has 1 aromatic heterocycles. The lowest BCUT2D eigenvalue weighted by atomic mass is 10.2. The molecule has 0 radical (unpaired) electrons. The van der Waals surface area contributed by atoms with Crippen LogP contribution in [0.2, 0.25) is 0 Å².